The van der Waals surface area contributed by atoms with Gasteiger partial charge in [0, 0.05) is 0 Å². The minimum Gasteiger partial charge on any atom is -0.241 e. The van der Waals surface area contributed by atoms with Crippen molar-refractivity contribution >= 4 is 12.6 Å². The predicted molar refractivity (Wildman–Crippen MR) is 43.8 cm³/mol. The van der Waals surface area contributed by atoms with Crippen molar-refractivity contribution < 1.29 is 0 Å². The van der Waals surface area contributed by atoms with Crippen LogP contribution in [0.5, 0.6) is 0 Å². The Bertz CT molecular complexity index is 365. The third-order valence-electron chi connectivity index (χ3n) is 1.32. The molecule has 68 valence electrons. The van der Waals surface area contributed by atoms with Gasteiger partial charge in [0.25, 0.3) is 0 Å². The van der Waals surface area contributed by atoms with Gasteiger partial charge in [-0.3, -0.25) is 0 Å². The summed E-state index contributed by atoms with van der Waals surface area (Å²) in [6, 6.07) is 0. The van der Waals surface area contributed by atoms with Crippen LogP contribution < -0.4 is 0 Å². The molecule has 0 atom stereocenters. The minimum atomic E-state index is 0.383. The molecule has 0 aromatic carbocycles. The Kier molecular flexibility index (Phi) is 2.17. The van der Waals surface area contributed by atoms with E-state index in [2.05, 4.69) is 48.7 Å². The fraction of sp³-hybridized carbons (Fsp3) is 0.500. The number of aromatic nitrogens is 8. The number of nitrogens with one attached hydrogen (secondary N) is 1. The molecular weight excluding hydrogens is 192 g/mol. The summed E-state index contributed by atoms with van der Waals surface area (Å²) < 4.78 is 0. The van der Waals surface area contributed by atoms with Crippen molar-refractivity contribution in [2.24, 2.45) is 0 Å². The summed E-state index contributed by atoms with van der Waals surface area (Å²) in [6.07, 6.45) is 0. The monoisotopic (exact) mass is 198 g/mol. The van der Waals surface area contributed by atoms with Gasteiger partial charge in [0.2, 0.25) is 0 Å². The first-order valence-corrected chi connectivity index (χ1v) is 4.12. The maximum absolute atomic E-state index is 4.01. The van der Waals surface area contributed by atoms with E-state index >= 15 is 0 Å². The molecule has 0 aliphatic rings. The van der Waals surface area contributed by atoms with E-state index in [9.17, 15) is 0 Å². The zero-order valence-electron chi connectivity index (χ0n) is 6.49. The zero-order chi connectivity index (χ0) is 9.10. The van der Waals surface area contributed by atoms with Crippen LogP contribution in [0.2, 0.25) is 0 Å². The van der Waals surface area contributed by atoms with Crippen molar-refractivity contribution in [1.29, 1.82) is 0 Å². The molecule has 2 aromatic heterocycles. The van der Waals surface area contributed by atoms with Gasteiger partial charge in [-0.05, 0) is 15.6 Å². The SMILES string of the molecule is SCc1nnn(Cc2nnn[nH]2)n1. The van der Waals surface area contributed by atoms with E-state index in [-0.39, 0.29) is 0 Å². The maximum Gasteiger partial charge on any atom is 0.184 e. The Labute approximate surface area is 78.1 Å². The Morgan fingerprint density at radius 1 is 1.38 bits per heavy atom. The molecule has 0 saturated carbocycles. The third-order valence-corrected chi connectivity index (χ3v) is 1.60. The number of H-pyrrole nitrogens is 1. The van der Waals surface area contributed by atoms with Crippen molar-refractivity contribution in [2.45, 2.75) is 12.3 Å². The highest BCUT2D eigenvalue weighted by Gasteiger charge is 2.03. The van der Waals surface area contributed by atoms with E-state index in [1.54, 1.807) is 0 Å². The van der Waals surface area contributed by atoms with Crippen molar-refractivity contribution in [3.8, 4) is 0 Å². The smallest absolute Gasteiger partial charge is 0.184 e. The first-order valence-electron chi connectivity index (χ1n) is 3.48. The van der Waals surface area contributed by atoms with Crippen molar-refractivity contribution in [1.82, 2.24) is 40.8 Å². The minimum absolute atomic E-state index is 0.383. The van der Waals surface area contributed by atoms with Crippen molar-refractivity contribution in [3.63, 3.8) is 0 Å². The van der Waals surface area contributed by atoms with Gasteiger partial charge in [-0.15, -0.1) is 15.3 Å². The molecule has 0 amide bonds. The van der Waals surface area contributed by atoms with Crippen LogP contribution in [0.1, 0.15) is 11.6 Å². The number of rotatable bonds is 3. The summed E-state index contributed by atoms with van der Waals surface area (Å²) >= 11 is 4.01. The van der Waals surface area contributed by atoms with E-state index in [1.165, 1.54) is 4.80 Å². The van der Waals surface area contributed by atoms with Crippen LogP contribution in [0.4, 0.5) is 0 Å². The molecule has 0 spiro atoms. The molecule has 0 unspecified atom stereocenters. The number of hydrogen-bond donors (Lipinski definition) is 2. The van der Waals surface area contributed by atoms with Crippen LogP contribution in [0.25, 0.3) is 0 Å². The molecular formula is C4H6N8S. The summed E-state index contributed by atoms with van der Waals surface area (Å²) in [5.41, 5.74) is 0. The van der Waals surface area contributed by atoms with E-state index in [1.807, 2.05) is 0 Å². The van der Waals surface area contributed by atoms with Gasteiger partial charge in [0.05, 0.1) is 5.75 Å². The molecule has 13 heavy (non-hydrogen) atoms. The lowest BCUT2D eigenvalue weighted by Gasteiger charge is -1.90. The number of nitrogens with zero attached hydrogens (tertiary/aromatic N) is 7. The summed E-state index contributed by atoms with van der Waals surface area (Å²) in [6.45, 7) is 0.383. The second kappa shape index (κ2) is 3.47. The molecule has 0 bridgehead atoms. The highest BCUT2D eigenvalue weighted by atomic mass is 32.1. The lowest BCUT2D eigenvalue weighted by atomic mass is 10.6. The van der Waals surface area contributed by atoms with E-state index in [0.29, 0.717) is 23.9 Å². The van der Waals surface area contributed by atoms with Crippen LogP contribution in [-0.4, -0.2) is 40.8 Å². The third kappa shape index (κ3) is 1.80. The van der Waals surface area contributed by atoms with Gasteiger partial charge in [-0.25, -0.2) is 5.10 Å². The first-order chi connectivity index (χ1) is 6.38. The Morgan fingerprint density at radius 3 is 2.92 bits per heavy atom. The fourth-order valence-corrected chi connectivity index (χ4v) is 0.913. The molecule has 9 heteroatoms. The maximum atomic E-state index is 4.01. The summed E-state index contributed by atoms with van der Waals surface area (Å²) in [7, 11) is 0. The summed E-state index contributed by atoms with van der Waals surface area (Å²) in [5.74, 6) is 1.63. The average Bonchev–Trinajstić information content (AvgIpc) is 2.76. The highest BCUT2D eigenvalue weighted by molar-refractivity contribution is 7.79. The Hall–Kier alpha value is -1.51. The van der Waals surface area contributed by atoms with E-state index in [0.717, 1.165) is 0 Å². The van der Waals surface area contributed by atoms with Gasteiger partial charge in [0.15, 0.2) is 11.6 Å². The number of tetrazole rings is 2. The number of hydrogen-bond acceptors (Lipinski definition) is 7. The molecule has 2 aromatic rings. The standard InChI is InChI=1S/C4H6N8S/c13-2-4-7-11-12(8-4)1-3-5-9-10-6-3/h13H,1-2H2,(H,5,6,9,10). The number of aromatic amines is 1. The predicted octanol–water partition coefficient (Wildman–Crippen LogP) is -1.34. The zero-order valence-corrected chi connectivity index (χ0v) is 7.39. The molecule has 0 fully saturated rings. The van der Waals surface area contributed by atoms with Crippen molar-refractivity contribution in [3.05, 3.63) is 11.6 Å². The molecule has 2 rings (SSSR count). The molecule has 0 saturated heterocycles. The molecule has 2 heterocycles. The highest BCUT2D eigenvalue weighted by Crippen LogP contribution is 1.93. The van der Waals surface area contributed by atoms with Crippen LogP contribution in [0.3, 0.4) is 0 Å². The molecule has 8 nitrogen and oxygen atoms in total. The summed E-state index contributed by atoms with van der Waals surface area (Å²) in [5, 5.41) is 24.6. The normalized spacial score (nSPS) is 10.5. The lowest BCUT2D eigenvalue weighted by Crippen LogP contribution is -2.05. The van der Waals surface area contributed by atoms with Gasteiger partial charge in [-0.2, -0.15) is 17.4 Å². The average molecular weight is 198 g/mol. The number of thiol groups is 1. The topological polar surface area (TPSA) is 98.1 Å². The van der Waals surface area contributed by atoms with Gasteiger partial charge in [0.1, 0.15) is 6.54 Å². The molecule has 0 radical (unpaired) electrons. The van der Waals surface area contributed by atoms with E-state index < -0.39 is 0 Å². The molecule has 0 aliphatic carbocycles. The van der Waals surface area contributed by atoms with Gasteiger partial charge < -0.3 is 0 Å². The van der Waals surface area contributed by atoms with Gasteiger partial charge in [-0.1, -0.05) is 0 Å². The second-order valence-electron chi connectivity index (χ2n) is 2.24. The molecule has 0 aliphatic heterocycles. The van der Waals surface area contributed by atoms with Crippen LogP contribution in [0.15, 0.2) is 0 Å². The molecule has 1 N–H and O–H groups in total. The second-order valence-corrected chi connectivity index (χ2v) is 2.56. The van der Waals surface area contributed by atoms with Gasteiger partial charge >= 0.3 is 0 Å². The Morgan fingerprint density at radius 2 is 2.31 bits per heavy atom. The first kappa shape index (κ1) is 8.10. The van der Waals surface area contributed by atoms with E-state index in [4.69, 9.17) is 0 Å². The van der Waals surface area contributed by atoms with Crippen LogP contribution in [0, 0.1) is 0 Å². The van der Waals surface area contributed by atoms with Crippen molar-refractivity contribution in [2.75, 3.05) is 0 Å². The fourth-order valence-electron chi connectivity index (χ4n) is 0.786. The van der Waals surface area contributed by atoms with Crippen LogP contribution in [-0.2, 0) is 12.3 Å². The summed E-state index contributed by atoms with van der Waals surface area (Å²) in [4.78, 5) is 1.40. The Balaban J connectivity index is 2.10. The van der Waals surface area contributed by atoms with Crippen LogP contribution >= 0.6 is 12.6 Å². The quantitative estimate of drug-likeness (QED) is 0.592. The largest absolute Gasteiger partial charge is 0.241 e. The lowest BCUT2D eigenvalue weighted by molar-refractivity contribution is 0.553.